The molecule has 6 aromatic carbocycles. The third-order valence-electron chi connectivity index (χ3n) is 7.77. The normalized spacial score (nSPS) is 14.5. The number of hydrogen-bond donors (Lipinski definition) is 1. The quantitative estimate of drug-likeness (QED) is 0.221. The van der Waals surface area contributed by atoms with Crippen molar-refractivity contribution in [2.75, 3.05) is 4.90 Å². The van der Waals surface area contributed by atoms with Crippen molar-refractivity contribution in [1.29, 1.82) is 0 Å². The summed E-state index contributed by atoms with van der Waals surface area (Å²) in [6.07, 6.45) is 0.403. The molecule has 5 heteroatoms. The van der Waals surface area contributed by atoms with E-state index in [1.807, 2.05) is 41.3 Å². The Balaban J connectivity index is 0.000000712. The van der Waals surface area contributed by atoms with Gasteiger partial charge in [0.2, 0.25) is 5.91 Å². The summed E-state index contributed by atoms with van der Waals surface area (Å²) in [6, 6.07) is 39.9. The van der Waals surface area contributed by atoms with Gasteiger partial charge in [0.05, 0.1) is 6.54 Å². The molecule has 1 aliphatic rings. The van der Waals surface area contributed by atoms with Crippen LogP contribution in [0.4, 0.5) is 5.69 Å². The standard InChI is InChI=1S/C34H24ClNO.C2H4O2/c35-32-14-5-3-11-29(32)31-20-34(37)36(33-15-6-4-12-30(31)33)21-23-9-7-13-26-25(23)18-19-27-24-10-2-1-8-22(24)16-17-28(26)27;1-2(3)4/h1-19,31H,20-21H2;1H3,(H,3,4). The van der Waals surface area contributed by atoms with E-state index < -0.39 is 5.97 Å². The number of carbonyl (C=O) groups is 2. The molecule has 1 unspecified atom stereocenters. The highest BCUT2D eigenvalue weighted by Gasteiger charge is 2.33. The van der Waals surface area contributed by atoms with Crippen LogP contribution in [0, 0.1) is 0 Å². The molecule has 202 valence electrons. The number of carbonyl (C=O) groups excluding carboxylic acids is 1. The van der Waals surface area contributed by atoms with Gasteiger partial charge >= 0.3 is 0 Å². The predicted octanol–water partition coefficient (Wildman–Crippen LogP) is 8.96. The molecule has 0 aromatic heterocycles. The Labute approximate surface area is 243 Å². The van der Waals surface area contributed by atoms with Gasteiger partial charge in [0.1, 0.15) is 0 Å². The number of carboxylic acids is 1. The number of anilines is 1. The number of para-hydroxylation sites is 1. The topological polar surface area (TPSA) is 57.6 Å². The van der Waals surface area contributed by atoms with Gasteiger partial charge in [0.15, 0.2) is 0 Å². The number of fused-ring (bicyclic) bond motifs is 6. The molecule has 1 atom stereocenters. The average molecular weight is 558 g/mol. The number of aliphatic carboxylic acids is 1. The van der Waals surface area contributed by atoms with E-state index in [9.17, 15) is 4.79 Å². The lowest BCUT2D eigenvalue weighted by Crippen LogP contribution is -2.36. The molecule has 4 nitrogen and oxygen atoms in total. The van der Waals surface area contributed by atoms with Crippen molar-refractivity contribution >= 4 is 61.5 Å². The number of hydrogen-bond acceptors (Lipinski definition) is 2. The van der Waals surface area contributed by atoms with Gasteiger partial charge in [-0.15, -0.1) is 0 Å². The Morgan fingerprint density at radius 3 is 2.12 bits per heavy atom. The third-order valence-corrected chi connectivity index (χ3v) is 8.11. The van der Waals surface area contributed by atoms with Crippen molar-refractivity contribution in [3.8, 4) is 0 Å². The number of carboxylic acid groups (broad SMARTS) is 1. The summed E-state index contributed by atoms with van der Waals surface area (Å²) in [6.45, 7) is 1.61. The van der Waals surface area contributed by atoms with Crippen molar-refractivity contribution in [3.63, 3.8) is 0 Å². The summed E-state index contributed by atoms with van der Waals surface area (Å²) in [4.78, 5) is 24.6. The molecule has 1 heterocycles. The lowest BCUT2D eigenvalue weighted by molar-refractivity contribution is -0.134. The molecule has 0 aliphatic carbocycles. The molecule has 1 aliphatic heterocycles. The zero-order valence-corrected chi connectivity index (χ0v) is 23.3. The third kappa shape index (κ3) is 5.03. The first kappa shape index (κ1) is 26.5. The van der Waals surface area contributed by atoms with Gasteiger partial charge in [-0.2, -0.15) is 0 Å². The van der Waals surface area contributed by atoms with Gasteiger partial charge < -0.3 is 10.0 Å². The van der Waals surface area contributed by atoms with Gasteiger partial charge in [0.25, 0.3) is 5.97 Å². The van der Waals surface area contributed by atoms with Crippen LogP contribution in [-0.4, -0.2) is 17.0 Å². The van der Waals surface area contributed by atoms with Crippen LogP contribution in [-0.2, 0) is 16.1 Å². The van der Waals surface area contributed by atoms with Crippen LogP contribution in [0.1, 0.15) is 36.0 Å². The molecule has 1 amide bonds. The minimum Gasteiger partial charge on any atom is -0.481 e. The second-order valence-electron chi connectivity index (χ2n) is 10.3. The van der Waals surface area contributed by atoms with Crippen LogP contribution >= 0.6 is 11.6 Å². The fourth-order valence-corrected chi connectivity index (χ4v) is 6.26. The van der Waals surface area contributed by atoms with Crippen LogP contribution < -0.4 is 4.90 Å². The van der Waals surface area contributed by atoms with Gasteiger partial charge in [0, 0.05) is 30.0 Å². The Hall–Kier alpha value is -4.67. The highest BCUT2D eigenvalue weighted by molar-refractivity contribution is 6.31. The number of benzene rings is 6. The highest BCUT2D eigenvalue weighted by atomic mass is 35.5. The van der Waals surface area contributed by atoms with E-state index >= 15 is 0 Å². The first-order chi connectivity index (χ1) is 19.9. The molecule has 0 radical (unpaired) electrons. The zero-order chi connectivity index (χ0) is 28.5. The lowest BCUT2D eigenvalue weighted by atomic mass is 9.83. The van der Waals surface area contributed by atoms with Crippen LogP contribution in [0.5, 0.6) is 0 Å². The van der Waals surface area contributed by atoms with Crippen molar-refractivity contribution in [2.45, 2.75) is 25.8 Å². The molecule has 6 aromatic rings. The summed E-state index contributed by atoms with van der Waals surface area (Å²) in [5, 5.41) is 15.5. The molecule has 41 heavy (non-hydrogen) atoms. The molecule has 1 N–H and O–H groups in total. The predicted molar refractivity (Wildman–Crippen MR) is 168 cm³/mol. The molecular formula is C36H28ClNO3. The van der Waals surface area contributed by atoms with Gasteiger partial charge in [-0.1, -0.05) is 115 Å². The van der Waals surface area contributed by atoms with Crippen LogP contribution in [0.2, 0.25) is 5.02 Å². The molecule has 0 saturated carbocycles. The lowest BCUT2D eigenvalue weighted by Gasteiger charge is -2.35. The van der Waals surface area contributed by atoms with Crippen LogP contribution in [0.15, 0.2) is 115 Å². The largest absolute Gasteiger partial charge is 0.481 e. The number of rotatable bonds is 3. The SMILES string of the molecule is CC(=O)O.O=C1CC(c2ccccc2Cl)c2ccccc2N1Cc1cccc2c1ccc1c3ccccc3ccc21. The minimum absolute atomic E-state index is 0.0432. The second kappa shape index (κ2) is 11.1. The summed E-state index contributed by atoms with van der Waals surface area (Å²) in [5.74, 6) is -0.759. The Morgan fingerprint density at radius 1 is 0.732 bits per heavy atom. The maximum atomic E-state index is 13.6. The highest BCUT2D eigenvalue weighted by Crippen LogP contribution is 2.43. The van der Waals surface area contributed by atoms with E-state index in [4.69, 9.17) is 21.5 Å². The molecule has 7 rings (SSSR count). The van der Waals surface area contributed by atoms with E-state index in [1.165, 1.54) is 32.3 Å². The van der Waals surface area contributed by atoms with Crippen LogP contribution in [0.25, 0.3) is 32.3 Å². The van der Waals surface area contributed by atoms with E-state index in [2.05, 4.69) is 78.9 Å². The zero-order valence-electron chi connectivity index (χ0n) is 22.6. The van der Waals surface area contributed by atoms with Crippen molar-refractivity contribution in [2.24, 2.45) is 0 Å². The Bertz CT molecular complexity index is 1940. The number of nitrogens with zero attached hydrogens (tertiary/aromatic N) is 1. The number of halogens is 1. The summed E-state index contributed by atoms with van der Waals surface area (Å²) >= 11 is 6.56. The van der Waals surface area contributed by atoms with Gasteiger partial charge in [-0.25, -0.2) is 0 Å². The first-order valence-electron chi connectivity index (χ1n) is 13.6. The Kier molecular flexibility index (Phi) is 7.17. The van der Waals surface area contributed by atoms with Crippen molar-refractivity contribution in [1.82, 2.24) is 0 Å². The summed E-state index contributed by atoms with van der Waals surface area (Å²) < 4.78 is 0. The van der Waals surface area contributed by atoms with Crippen molar-refractivity contribution in [3.05, 3.63) is 137 Å². The fraction of sp³-hybridized carbons (Fsp3) is 0.111. The van der Waals surface area contributed by atoms with Gasteiger partial charge in [-0.05, 0) is 61.1 Å². The Morgan fingerprint density at radius 2 is 1.32 bits per heavy atom. The van der Waals surface area contributed by atoms with E-state index in [0.29, 0.717) is 18.0 Å². The molecule has 0 saturated heterocycles. The van der Waals surface area contributed by atoms with E-state index in [-0.39, 0.29) is 11.8 Å². The smallest absolute Gasteiger partial charge is 0.300 e. The van der Waals surface area contributed by atoms with Gasteiger partial charge in [-0.3, -0.25) is 9.59 Å². The monoisotopic (exact) mass is 557 g/mol. The van der Waals surface area contributed by atoms with E-state index in [1.54, 1.807) is 0 Å². The summed E-state index contributed by atoms with van der Waals surface area (Å²) in [5.41, 5.74) is 4.26. The van der Waals surface area contributed by atoms with Crippen LogP contribution in [0.3, 0.4) is 0 Å². The molecule has 0 bridgehead atoms. The summed E-state index contributed by atoms with van der Waals surface area (Å²) in [7, 11) is 0. The minimum atomic E-state index is -0.833. The number of amides is 1. The maximum absolute atomic E-state index is 13.6. The van der Waals surface area contributed by atoms with Crippen molar-refractivity contribution < 1.29 is 14.7 Å². The second-order valence-corrected chi connectivity index (χ2v) is 10.7. The maximum Gasteiger partial charge on any atom is 0.300 e. The molecular weight excluding hydrogens is 530 g/mol. The average Bonchev–Trinajstić information content (AvgIpc) is 2.98. The molecule has 0 fully saturated rings. The fourth-order valence-electron chi connectivity index (χ4n) is 6.00. The van der Waals surface area contributed by atoms with E-state index in [0.717, 1.165) is 29.3 Å². The molecule has 0 spiro atoms. The first-order valence-corrected chi connectivity index (χ1v) is 14.0.